The number of thioether (sulfide) groups is 1. The van der Waals surface area contributed by atoms with Gasteiger partial charge in [0.2, 0.25) is 0 Å². The first kappa shape index (κ1) is 14.0. The van der Waals surface area contributed by atoms with E-state index in [1.807, 2.05) is 19.1 Å². The van der Waals surface area contributed by atoms with Gasteiger partial charge in [0.1, 0.15) is 0 Å². The van der Waals surface area contributed by atoms with Gasteiger partial charge in [0.05, 0.1) is 0 Å². The van der Waals surface area contributed by atoms with E-state index in [-0.39, 0.29) is 5.75 Å². The number of hydrogen-bond acceptors (Lipinski definition) is 1. The van der Waals surface area contributed by atoms with Crippen LogP contribution in [0.5, 0.6) is 5.75 Å². The topological polar surface area (TPSA) is 19.9 Å². The van der Waals surface area contributed by atoms with E-state index in [0.717, 1.165) is 17.7 Å². The summed E-state index contributed by atoms with van der Waals surface area (Å²) in [5, 5.41) is 14.0. The number of benzene rings is 3. The van der Waals surface area contributed by atoms with Crippen molar-refractivity contribution in [1.29, 1.82) is 0 Å². The van der Waals surface area contributed by atoms with Crippen molar-refractivity contribution >= 4 is 22.5 Å². The van der Waals surface area contributed by atoms with E-state index in [1.54, 1.807) is 17.8 Å². The third-order valence-electron chi connectivity index (χ3n) is 3.62. The van der Waals surface area contributed by atoms with E-state index in [0.29, 0.717) is 0 Å². The molecule has 0 saturated heterocycles. The Morgan fingerprint density at radius 3 is 2.52 bits per heavy atom. The Kier molecular flexibility index (Phi) is 4.16. The van der Waals surface area contributed by atoms with Crippen LogP contribution in [0.1, 0.15) is 11.1 Å². The molecule has 0 atom stereocenters. The number of rotatable bonds is 4. The zero-order valence-electron chi connectivity index (χ0n) is 12.0. The Morgan fingerprint density at radius 1 is 0.905 bits per heavy atom. The monoisotopic (exact) mass is 293 g/mol. The molecular formula is C19H17OS. The highest BCUT2D eigenvalue weighted by molar-refractivity contribution is 7.99. The minimum Gasteiger partial charge on any atom is -0.290 e. The van der Waals surface area contributed by atoms with Crippen LogP contribution in [0.15, 0.2) is 65.6 Å². The summed E-state index contributed by atoms with van der Waals surface area (Å²) in [7, 11) is 0. The summed E-state index contributed by atoms with van der Waals surface area (Å²) in [5.74, 6) is 1.14. The number of fused-ring (bicyclic) bond motifs is 1. The zero-order valence-corrected chi connectivity index (χ0v) is 12.8. The molecule has 0 amide bonds. The minimum atomic E-state index is 0.119. The van der Waals surface area contributed by atoms with Gasteiger partial charge < -0.3 is 0 Å². The van der Waals surface area contributed by atoms with Crippen LogP contribution in [0.25, 0.3) is 10.8 Å². The first-order chi connectivity index (χ1) is 10.2. The molecule has 0 spiro atoms. The van der Waals surface area contributed by atoms with E-state index >= 15 is 0 Å². The lowest BCUT2D eigenvalue weighted by molar-refractivity contribution is 0.351. The summed E-state index contributed by atoms with van der Waals surface area (Å²) in [4.78, 5) is 1.17. The van der Waals surface area contributed by atoms with Gasteiger partial charge in [0, 0.05) is 10.6 Å². The predicted molar refractivity (Wildman–Crippen MR) is 89.7 cm³/mol. The Hall–Kier alpha value is -1.93. The zero-order chi connectivity index (χ0) is 14.7. The van der Waals surface area contributed by atoms with Crippen molar-refractivity contribution in [1.82, 2.24) is 0 Å². The Balaban J connectivity index is 1.64. The lowest BCUT2D eigenvalue weighted by Crippen LogP contribution is -1.89. The molecule has 1 radical (unpaired) electrons. The molecule has 0 N–H and O–H groups in total. The fourth-order valence-electron chi connectivity index (χ4n) is 2.39. The van der Waals surface area contributed by atoms with Crippen molar-refractivity contribution in [2.45, 2.75) is 18.2 Å². The van der Waals surface area contributed by atoms with Gasteiger partial charge in [-0.15, -0.1) is 11.8 Å². The number of hydrogen-bond donors (Lipinski definition) is 0. The van der Waals surface area contributed by atoms with Crippen molar-refractivity contribution in [3.8, 4) is 5.75 Å². The molecule has 0 aliphatic heterocycles. The molecule has 0 heterocycles. The quantitative estimate of drug-likeness (QED) is 0.571. The normalized spacial score (nSPS) is 10.9. The molecule has 2 heteroatoms. The lowest BCUT2D eigenvalue weighted by atomic mass is 10.1. The maximum Gasteiger partial charge on any atom is 0.181 e. The summed E-state index contributed by atoms with van der Waals surface area (Å²) >= 11 is 1.80. The van der Waals surface area contributed by atoms with Crippen molar-refractivity contribution < 1.29 is 5.11 Å². The van der Waals surface area contributed by atoms with Gasteiger partial charge in [0.25, 0.3) is 0 Å². The van der Waals surface area contributed by atoms with Gasteiger partial charge in [-0.25, -0.2) is 0 Å². The summed E-state index contributed by atoms with van der Waals surface area (Å²) in [6.45, 7) is 1.87. The summed E-state index contributed by atoms with van der Waals surface area (Å²) < 4.78 is 0. The van der Waals surface area contributed by atoms with Gasteiger partial charge in [-0.2, -0.15) is 0 Å². The second-order valence-electron chi connectivity index (χ2n) is 5.21. The molecule has 0 saturated carbocycles. The summed E-state index contributed by atoms with van der Waals surface area (Å²) in [6, 6.07) is 20.7. The molecule has 3 aromatic rings. The average Bonchev–Trinajstić information content (AvgIpc) is 2.51. The van der Waals surface area contributed by atoms with Crippen LogP contribution >= 0.6 is 11.8 Å². The second kappa shape index (κ2) is 6.23. The Bertz CT molecular complexity index is 764. The first-order valence-electron chi connectivity index (χ1n) is 7.10. The largest absolute Gasteiger partial charge is 0.290 e. The lowest BCUT2D eigenvalue weighted by Gasteiger charge is -2.05. The van der Waals surface area contributed by atoms with Crippen LogP contribution in [0, 0.1) is 6.92 Å². The highest BCUT2D eigenvalue weighted by Gasteiger charge is 2.01. The first-order valence-corrected chi connectivity index (χ1v) is 8.09. The smallest absolute Gasteiger partial charge is 0.181 e. The van der Waals surface area contributed by atoms with Crippen LogP contribution in [0.3, 0.4) is 0 Å². The molecule has 105 valence electrons. The highest BCUT2D eigenvalue weighted by Crippen LogP contribution is 2.26. The van der Waals surface area contributed by atoms with Crippen LogP contribution in [-0.4, -0.2) is 5.75 Å². The third kappa shape index (κ3) is 3.40. The predicted octanol–water partition coefficient (Wildman–Crippen LogP) is 5.63. The minimum absolute atomic E-state index is 0.119. The Labute approximate surface area is 129 Å². The van der Waals surface area contributed by atoms with E-state index in [2.05, 4.69) is 42.5 Å². The molecule has 0 aromatic heterocycles. The fourth-order valence-corrected chi connectivity index (χ4v) is 3.39. The average molecular weight is 293 g/mol. The van der Waals surface area contributed by atoms with E-state index in [9.17, 15) is 5.11 Å². The van der Waals surface area contributed by atoms with Gasteiger partial charge in [-0.05, 0) is 53.4 Å². The molecule has 0 bridgehead atoms. The highest BCUT2D eigenvalue weighted by atomic mass is 32.2. The van der Waals surface area contributed by atoms with Gasteiger partial charge >= 0.3 is 0 Å². The van der Waals surface area contributed by atoms with E-state index < -0.39 is 0 Å². The van der Waals surface area contributed by atoms with Crippen LogP contribution < -0.4 is 0 Å². The van der Waals surface area contributed by atoms with Gasteiger partial charge in [-0.3, -0.25) is 5.11 Å². The Morgan fingerprint density at radius 2 is 1.71 bits per heavy atom. The summed E-state index contributed by atoms with van der Waals surface area (Å²) in [5.41, 5.74) is 2.18. The molecule has 0 unspecified atom stereocenters. The van der Waals surface area contributed by atoms with Crippen molar-refractivity contribution in [3.63, 3.8) is 0 Å². The fraction of sp³-hybridized carbons (Fsp3) is 0.158. The third-order valence-corrected chi connectivity index (χ3v) is 4.62. The van der Waals surface area contributed by atoms with Crippen molar-refractivity contribution in [3.05, 3.63) is 71.8 Å². The van der Waals surface area contributed by atoms with Crippen LogP contribution in [0.4, 0.5) is 0 Å². The molecule has 21 heavy (non-hydrogen) atoms. The SMILES string of the molecule is Cc1cc(SCCc2ccc3ccccc3c2)ccc1[O]. The maximum absolute atomic E-state index is 11.4. The molecule has 3 rings (SSSR count). The van der Waals surface area contributed by atoms with Gasteiger partial charge in [0.15, 0.2) is 5.75 Å². The van der Waals surface area contributed by atoms with E-state index in [4.69, 9.17) is 0 Å². The molecule has 0 aliphatic rings. The van der Waals surface area contributed by atoms with Crippen molar-refractivity contribution in [2.24, 2.45) is 0 Å². The van der Waals surface area contributed by atoms with Crippen LogP contribution in [0.2, 0.25) is 0 Å². The standard InChI is InChI=1S/C19H17OS/c1-14-12-18(8-9-19(14)20)21-11-10-15-6-7-16-4-2-3-5-17(16)13-15/h2-9,12-13H,10-11H2,1H3. The van der Waals surface area contributed by atoms with E-state index in [1.165, 1.54) is 21.2 Å². The van der Waals surface area contributed by atoms with Crippen molar-refractivity contribution in [2.75, 3.05) is 5.75 Å². The summed E-state index contributed by atoms with van der Waals surface area (Å²) in [6.07, 6.45) is 1.04. The second-order valence-corrected chi connectivity index (χ2v) is 6.38. The van der Waals surface area contributed by atoms with Gasteiger partial charge in [-0.1, -0.05) is 42.5 Å². The molecule has 3 aromatic carbocycles. The maximum atomic E-state index is 11.4. The number of aryl methyl sites for hydroxylation is 2. The molecule has 0 fully saturated rings. The molecular weight excluding hydrogens is 276 g/mol. The van der Waals surface area contributed by atoms with Crippen LogP contribution in [-0.2, 0) is 11.5 Å². The molecule has 0 aliphatic carbocycles. The molecule has 1 nitrogen and oxygen atoms in total.